The van der Waals surface area contributed by atoms with Gasteiger partial charge in [0.2, 0.25) is 0 Å². The van der Waals surface area contributed by atoms with Gasteiger partial charge in [-0.1, -0.05) is 12.1 Å². The highest BCUT2D eigenvalue weighted by Gasteiger charge is 2.26. The number of rotatable bonds is 5. The van der Waals surface area contributed by atoms with Crippen LogP contribution in [0.15, 0.2) is 55.1 Å². The van der Waals surface area contributed by atoms with Crippen LogP contribution in [0.4, 0.5) is 5.69 Å². The Hall–Kier alpha value is -3.81. The van der Waals surface area contributed by atoms with Gasteiger partial charge in [0.15, 0.2) is 5.82 Å². The van der Waals surface area contributed by atoms with Gasteiger partial charge < -0.3 is 14.5 Å². The van der Waals surface area contributed by atoms with Crippen molar-refractivity contribution in [3.8, 4) is 22.6 Å². The molecule has 30 heavy (non-hydrogen) atoms. The first-order chi connectivity index (χ1) is 14.6. The predicted octanol–water partition coefficient (Wildman–Crippen LogP) is 3.64. The summed E-state index contributed by atoms with van der Waals surface area (Å²) in [5.74, 6) is 1.46. The number of aryl methyl sites for hydroxylation is 1. The summed E-state index contributed by atoms with van der Waals surface area (Å²) in [6.07, 6.45) is 7.51. The number of hydrogen-bond donors (Lipinski definition) is 1. The number of hydrogen-bond acceptors (Lipinski definition) is 5. The molecule has 1 amide bonds. The first kappa shape index (κ1) is 18.2. The third-order valence-electron chi connectivity index (χ3n) is 5.40. The van der Waals surface area contributed by atoms with Gasteiger partial charge >= 0.3 is 0 Å². The van der Waals surface area contributed by atoms with E-state index < -0.39 is 0 Å². The van der Waals surface area contributed by atoms with Crippen LogP contribution >= 0.6 is 0 Å². The number of anilines is 1. The second-order valence-corrected chi connectivity index (χ2v) is 7.51. The minimum absolute atomic E-state index is 0.267. The molecule has 1 aliphatic carbocycles. The third kappa shape index (κ3) is 3.36. The molecule has 1 aliphatic rings. The van der Waals surface area contributed by atoms with Gasteiger partial charge in [0.05, 0.1) is 11.9 Å². The maximum absolute atomic E-state index is 12.8. The molecule has 1 aromatic carbocycles. The highest BCUT2D eigenvalue weighted by Crippen LogP contribution is 2.37. The molecule has 0 unspecified atom stereocenters. The highest BCUT2D eigenvalue weighted by molar-refractivity contribution is 6.03. The summed E-state index contributed by atoms with van der Waals surface area (Å²) < 4.78 is 4.08. The molecule has 0 aliphatic heterocycles. The molecule has 1 N–H and O–H groups in total. The molecular formula is C22H21N7O. The van der Waals surface area contributed by atoms with Crippen LogP contribution in [0.25, 0.3) is 22.6 Å². The van der Waals surface area contributed by atoms with E-state index in [1.54, 1.807) is 24.8 Å². The number of imidazole rings is 1. The van der Waals surface area contributed by atoms with Gasteiger partial charge in [0, 0.05) is 36.1 Å². The van der Waals surface area contributed by atoms with Crippen molar-refractivity contribution in [3.05, 3.63) is 66.6 Å². The lowest BCUT2D eigenvalue weighted by atomic mass is 10.1. The normalized spacial score (nSPS) is 13.4. The van der Waals surface area contributed by atoms with E-state index in [4.69, 9.17) is 0 Å². The second kappa shape index (κ2) is 7.22. The minimum Gasteiger partial charge on any atom is -0.331 e. The van der Waals surface area contributed by atoms with Gasteiger partial charge in [-0.25, -0.2) is 4.98 Å². The van der Waals surface area contributed by atoms with Crippen molar-refractivity contribution in [2.75, 3.05) is 5.32 Å². The van der Waals surface area contributed by atoms with Crippen molar-refractivity contribution in [3.63, 3.8) is 0 Å². The number of nitrogens with one attached hydrogen (secondary N) is 1. The lowest BCUT2D eigenvalue weighted by Gasteiger charge is -2.09. The molecule has 3 aromatic heterocycles. The smallest absolute Gasteiger partial charge is 0.274 e. The quantitative estimate of drug-likeness (QED) is 0.553. The van der Waals surface area contributed by atoms with Crippen molar-refractivity contribution in [1.29, 1.82) is 0 Å². The third-order valence-corrected chi connectivity index (χ3v) is 5.40. The molecule has 0 radical (unpaired) electrons. The van der Waals surface area contributed by atoms with Crippen LogP contribution in [-0.4, -0.2) is 35.2 Å². The van der Waals surface area contributed by atoms with E-state index in [2.05, 4.69) is 30.0 Å². The molecule has 0 bridgehead atoms. The Morgan fingerprint density at radius 1 is 1.13 bits per heavy atom. The number of nitrogens with zero attached hydrogens (tertiary/aromatic N) is 6. The van der Waals surface area contributed by atoms with Crippen LogP contribution in [0.3, 0.4) is 0 Å². The largest absolute Gasteiger partial charge is 0.331 e. The maximum Gasteiger partial charge on any atom is 0.274 e. The topological polar surface area (TPSA) is 90.5 Å². The minimum atomic E-state index is -0.267. The molecule has 1 saturated carbocycles. The molecule has 1 fully saturated rings. The van der Waals surface area contributed by atoms with Gasteiger partial charge in [-0.2, -0.15) is 0 Å². The number of carbonyl (C=O) groups is 1. The van der Waals surface area contributed by atoms with E-state index in [-0.39, 0.29) is 5.91 Å². The fraction of sp³-hybridized carbons (Fsp3) is 0.227. The maximum atomic E-state index is 12.8. The van der Waals surface area contributed by atoms with Crippen molar-refractivity contribution in [1.82, 2.24) is 29.3 Å². The molecule has 150 valence electrons. The summed E-state index contributed by atoms with van der Waals surface area (Å²) in [7, 11) is 1.95. The Kier molecular flexibility index (Phi) is 4.39. The van der Waals surface area contributed by atoms with Crippen LogP contribution in [0.5, 0.6) is 0 Å². The van der Waals surface area contributed by atoms with Crippen molar-refractivity contribution in [2.24, 2.45) is 7.05 Å². The lowest BCUT2D eigenvalue weighted by molar-refractivity contribution is 0.102. The summed E-state index contributed by atoms with van der Waals surface area (Å²) >= 11 is 0. The average Bonchev–Trinajstić information content (AvgIpc) is 3.39. The molecular weight excluding hydrogens is 378 g/mol. The van der Waals surface area contributed by atoms with Crippen LogP contribution in [0.2, 0.25) is 0 Å². The van der Waals surface area contributed by atoms with E-state index in [1.807, 2.05) is 48.9 Å². The van der Waals surface area contributed by atoms with Crippen LogP contribution in [-0.2, 0) is 7.05 Å². The number of aromatic nitrogens is 6. The van der Waals surface area contributed by atoms with Gasteiger partial charge in [-0.3, -0.25) is 9.78 Å². The zero-order valence-corrected chi connectivity index (χ0v) is 16.8. The number of benzene rings is 1. The Bertz CT molecular complexity index is 1240. The van der Waals surface area contributed by atoms with Crippen molar-refractivity contribution >= 4 is 11.6 Å². The Labute approximate surface area is 173 Å². The van der Waals surface area contributed by atoms with E-state index in [9.17, 15) is 4.79 Å². The number of amides is 1. The molecule has 0 spiro atoms. The molecule has 3 heterocycles. The van der Waals surface area contributed by atoms with E-state index in [0.29, 0.717) is 17.4 Å². The molecule has 5 rings (SSSR count). The zero-order valence-electron chi connectivity index (χ0n) is 16.8. The van der Waals surface area contributed by atoms with E-state index >= 15 is 0 Å². The monoisotopic (exact) mass is 399 g/mol. The van der Waals surface area contributed by atoms with Crippen LogP contribution in [0, 0.1) is 6.92 Å². The molecule has 8 heteroatoms. The molecule has 4 aromatic rings. The Balaban J connectivity index is 1.39. The average molecular weight is 399 g/mol. The fourth-order valence-corrected chi connectivity index (χ4v) is 3.48. The summed E-state index contributed by atoms with van der Waals surface area (Å²) in [6, 6.07) is 11.8. The van der Waals surface area contributed by atoms with Crippen molar-refractivity contribution in [2.45, 2.75) is 25.8 Å². The summed E-state index contributed by atoms with van der Waals surface area (Å²) in [6.45, 7) is 1.94. The standard InChI is InChI=1S/C22H21N7O/c1-14-24-12-20(28(14)2)15-8-9-23-19(11-15)22(30)26-17-5-3-4-16(10-17)21-27-25-13-29(21)18-6-7-18/h3-5,8-13,18H,6-7H2,1-2H3,(H,26,30). The van der Waals surface area contributed by atoms with Crippen LogP contribution in [0.1, 0.15) is 35.2 Å². The van der Waals surface area contributed by atoms with Crippen LogP contribution < -0.4 is 5.32 Å². The zero-order chi connectivity index (χ0) is 20.7. The second-order valence-electron chi connectivity index (χ2n) is 7.51. The van der Waals surface area contributed by atoms with E-state index in [1.165, 1.54) is 0 Å². The summed E-state index contributed by atoms with van der Waals surface area (Å²) in [5.41, 5.74) is 3.78. The highest BCUT2D eigenvalue weighted by atomic mass is 16.1. The first-order valence-electron chi connectivity index (χ1n) is 9.86. The lowest BCUT2D eigenvalue weighted by Crippen LogP contribution is -2.14. The predicted molar refractivity (Wildman–Crippen MR) is 113 cm³/mol. The number of carbonyl (C=O) groups excluding carboxylic acids is 1. The van der Waals surface area contributed by atoms with Gasteiger partial charge in [0.1, 0.15) is 17.8 Å². The molecule has 0 atom stereocenters. The summed E-state index contributed by atoms with van der Waals surface area (Å²) in [5, 5.41) is 11.3. The molecule has 0 saturated heterocycles. The van der Waals surface area contributed by atoms with Crippen molar-refractivity contribution < 1.29 is 4.79 Å². The Morgan fingerprint density at radius 3 is 2.77 bits per heavy atom. The van der Waals surface area contributed by atoms with Gasteiger partial charge in [-0.05, 0) is 44.0 Å². The van der Waals surface area contributed by atoms with Gasteiger partial charge in [-0.15, -0.1) is 10.2 Å². The summed E-state index contributed by atoms with van der Waals surface area (Å²) in [4.78, 5) is 21.4. The Morgan fingerprint density at radius 2 is 2.00 bits per heavy atom. The van der Waals surface area contributed by atoms with Gasteiger partial charge in [0.25, 0.3) is 5.91 Å². The number of pyridine rings is 1. The van der Waals surface area contributed by atoms with E-state index in [0.717, 1.165) is 41.3 Å². The molecule has 8 nitrogen and oxygen atoms in total. The SMILES string of the molecule is Cc1ncc(-c2ccnc(C(=O)Nc3cccc(-c4nncn4C4CC4)c3)c2)n1C. The fourth-order valence-electron chi connectivity index (χ4n) is 3.48. The first-order valence-corrected chi connectivity index (χ1v) is 9.86.